The van der Waals surface area contributed by atoms with Crippen molar-refractivity contribution in [1.29, 1.82) is 0 Å². The van der Waals surface area contributed by atoms with Crippen molar-refractivity contribution < 1.29 is 0 Å². The number of rotatable bonds is 0. The van der Waals surface area contributed by atoms with Crippen LogP contribution in [0, 0.1) is 0 Å². The second-order valence-corrected chi connectivity index (χ2v) is 14.4. The fourth-order valence-corrected chi connectivity index (χ4v) is 12.8. The van der Waals surface area contributed by atoms with E-state index >= 15 is 0 Å². The first-order valence-electron chi connectivity index (χ1n) is 7.93. The molecule has 0 saturated carbocycles. The summed E-state index contributed by atoms with van der Waals surface area (Å²) in [5.41, 5.74) is 0. The van der Waals surface area contributed by atoms with E-state index in [4.69, 9.17) is 0 Å². The van der Waals surface area contributed by atoms with Crippen LogP contribution in [0.25, 0.3) is 0 Å². The molecule has 1 aliphatic rings. The fourth-order valence-electron chi connectivity index (χ4n) is 1.98. The molecule has 126 valence electrons. The molecular weight excluding hydrogens is 385 g/mol. The minimum atomic E-state index is 1.22. The van der Waals surface area contributed by atoms with Crippen LogP contribution in [0.2, 0.25) is 0 Å². The van der Waals surface area contributed by atoms with E-state index in [1.165, 1.54) is 63.5 Å². The van der Waals surface area contributed by atoms with E-state index in [0.717, 1.165) is 0 Å². The van der Waals surface area contributed by atoms with E-state index in [2.05, 4.69) is 35.8 Å². The van der Waals surface area contributed by atoms with Gasteiger partial charge >= 0.3 is 0 Å². The Morgan fingerprint density at radius 1 is 0.545 bits per heavy atom. The molecule has 0 bridgehead atoms. The Morgan fingerprint density at radius 3 is 2.09 bits per heavy atom. The second-order valence-electron chi connectivity index (χ2n) is 4.95. The van der Waals surface area contributed by atoms with Gasteiger partial charge in [0.15, 0.2) is 0 Å². The van der Waals surface area contributed by atoms with Gasteiger partial charge in [0.05, 0.1) is 0 Å². The van der Waals surface area contributed by atoms with Crippen molar-refractivity contribution in [2.24, 2.45) is 0 Å². The first-order valence-corrected chi connectivity index (χ1v) is 15.6. The minimum Gasteiger partial charge on any atom is -0.0845 e. The molecule has 1 heterocycles. The zero-order chi connectivity index (χ0) is 15.6. The topological polar surface area (TPSA) is 0 Å². The fraction of sp³-hybridized carbons (Fsp3) is 0.625. The van der Waals surface area contributed by atoms with Crippen molar-refractivity contribution in [1.82, 2.24) is 0 Å². The van der Waals surface area contributed by atoms with Gasteiger partial charge < -0.3 is 0 Å². The van der Waals surface area contributed by atoms with Crippen molar-refractivity contribution in [3.63, 3.8) is 0 Å². The van der Waals surface area contributed by atoms with Gasteiger partial charge in [-0.15, -0.1) is 0 Å². The maximum atomic E-state index is 2.29. The Labute approximate surface area is 159 Å². The lowest BCUT2D eigenvalue weighted by Gasteiger charge is -2.02. The maximum absolute atomic E-state index is 2.29. The standard InChI is InChI=1S/C16H26S6/c1-2-4-6-8-10-12-14-16-18-20-22-21-19-17-15-13-11-9-7-5-3-1/h5,7,9,11,13,15H,1-4,6,8,10,12,14,16H2/b7-5+,11-9?,15-13?. The number of hydrogen-bond donors (Lipinski definition) is 0. The first-order chi connectivity index (χ1) is 11.0. The number of hydrogen-bond acceptors (Lipinski definition) is 6. The third-order valence-corrected chi connectivity index (χ3v) is 13.6. The van der Waals surface area contributed by atoms with Gasteiger partial charge in [-0.25, -0.2) is 0 Å². The van der Waals surface area contributed by atoms with Crippen molar-refractivity contribution in [2.45, 2.75) is 57.8 Å². The molecule has 0 atom stereocenters. The summed E-state index contributed by atoms with van der Waals surface area (Å²) in [6.45, 7) is 0. The van der Waals surface area contributed by atoms with Crippen LogP contribution in [-0.4, -0.2) is 5.75 Å². The first kappa shape index (κ1) is 21.4. The highest BCUT2D eigenvalue weighted by Crippen LogP contribution is 2.52. The molecule has 0 N–H and O–H groups in total. The third-order valence-electron chi connectivity index (χ3n) is 3.12. The molecule has 0 spiro atoms. The molecule has 0 unspecified atom stereocenters. The molecule has 0 amide bonds. The lowest BCUT2D eigenvalue weighted by Crippen LogP contribution is -1.82. The minimum absolute atomic E-state index is 1.22. The summed E-state index contributed by atoms with van der Waals surface area (Å²) >= 11 is 0. The summed E-state index contributed by atoms with van der Waals surface area (Å²) in [6.07, 6.45) is 23.3. The SMILES string of the molecule is C1=C/C=C/CCCCCCCCCCSSSSSSC=C1. The van der Waals surface area contributed by atoms with E-state index in [1.54, 1.807) is 10.8 Å². The third kappa shape index (κ3) is 16.2. The summed E-state index contributed by atoms with van der Waals surface area (Å²) in [7, 11) is 11.3. The Bertz CT molecular complexity index is 284. The van der Waals surface area contributed by atoms with Gasteiger partial charge in [-0.05, 0) is 64.0 Å². The monoisotopic (exact) mass is 410 g/mol. The second kappa shape index (κ2) is 18.7. The zero-order valence-corrected chi connectivity index (χ0v) is 17.9. The van der Waals surface area contributed by atoms with Gasteiger partial charge in [0, 0.05) is 5.75 Å². The molecule has 0 aromatic heterocycles. The van der Waals surface area contributed by atoms with Crippen molar-refractivity contribution >= 4 is 60.9 Å². The normalized spacial score (nSPS) is 23.3. The largest absolute Gasteiger partial charge is 0.0845 e. The molecule has 0 aromatic carbocycles. The summed E-state index contributed by atoms with van der Waals surface area (Å²) < 4.78 is 0. The Balaban J connectivity index is 2.16. The van der Waals surface area contributed by atoms with Gasteiger partial charge in [-0.3, -0.25) is 0 Å². The van der Waals surface area contributed by atoms with Crippen LogP contribution in [0.3, 0.4) is 0 Å². The predicted octanol–water partition coefficient (Wildman–Crippen LogP) is 9.11. The molecule has 0 saturated heterocycles. The van der Waals surface area contributed by atoms with Crippen molar-refractivity contribution in [3.8, 4) is 0 Å². The van der Waals surface area contributed by atoms with Crippen LogP contribution in [0.5, 0.6) is 0 Å². The molecule has 1 aliphatic heterocycles. The lowest BCUT2D eigenvalue weighted by molar-refractivity contribution is 0.579. The molecule has 1 rings (SSSR count). The predicted molar refractivity (Wildman–Crippen MR) is 119 cm³/mol. The summed E-state index contributed by atoms with van der Waals surface area (Å²) in [5, 5.41) is 2.15. The van der Waals surface area contributed by atoms with Crippen LogP contribution in [0.1, 0.15) is 57.8 Å². The van der Waals surface area contributed by atoms with Gasteiger partial charge in [0.2, 0.25) is 0 Å². The summed E-state index contributed by atoms with van der Waals surface area (Å²) in [6, 6.07) is 0. The highest BCUT2D eigenvalue weighted by molar-refractivity contribution is 9.42. The average Bonchev–Trinajstić information content (AvgIpc) is 2.53. The Kier molecular flexibility index (Phi) is 18.1. The van der Waals surface area contributed by atoms with Crippen molar-refractivity contribution in [2.75, 3.05) is 5.75 Å². The summed E-state index contributed by atoms with van der Waals surface area (Å²) in [4.78, 5) is 0. The molecular formula is C16H26S6. The maximum Gasteiger partial charge on any atom is 0.00454 e. The zero-order valence-electron chi connectivity index (χ0n) is 13.0. The molecule has 0 radical (unpaired) electrons. The van der Waals surface area contributed by atoms with E-state index in [9.17, 15) is 0 Å². The van der Waals surface area contributed by atoms with E-state index < -0.39 is 0 Å². The van der Waals surface area contributed by atoms with E-state index in [-0.39, 0.29) is 0 Å². The van der Waals surface area contributed by atoms with E-state index in [1.807, 2.05) is 50.1 Å². The molecule has 0 nitrogen and oxygen atoms in total. The summed E-state index contributed by atoms with van der Waals surface area (Å²) in [5.74, 6) is 1.30. The van der Waals surface area contributed by atoms with Gasteiger partial charge in [0.25, 0.3) is 0 Å². The van der Waals surface area contributed by atoms with Crippen LogP contribution in [0.4, 0.5) is 0 Å². The quantitative estimate of drug-likeness (QED) is 0.362. The molecule has 6 heteroatoms. The van der Waals surface area contributed by atoms with Gasteiger partial charge in [0.1, 0.15) is 0 Å². The van der Waals surface area contributed by atoms with Crippen LogP contribution in [0.15, 0.2) is 35.8 Å². The lowest BCUT2D eigenvalue weighted by atomic mass is 10.1. The Morgan fingerprint density at radius 2 is 1.23 bits per heavy atom. The average molecular weight is 411 g/mol. The molecule has 0 fully saturated rings. The molecule has 0 aliphatic carbocycles. The van der Waals surface area contributed by atoms with Crippen LogP contribution < -0.4 is 0 Å². The Hall–Kier alpha value is 1.32. The van der Waals surface area contributed by atoms with Crippen LogP contribution >= 0.6 is 60.9 Å². The van der Waals surface area contributed by atoms with E-state index in [0.29, 0.717) is 0 Å². The highest BCUT2D eigenvalue weighted by Gasteiger charge is 1.95. The molecule has 22 heavy (non-hydrogen) atoms. The smallest absolute Gasteiger partial charge is 0.00454 e. The van der Waals surface area contributed by atoms with Crippen molar-refractivity contribution in [3.05, 3.63) is 35.8 Å². The van der Waals surface area contributed by atoms with Crippen LogP contribution in [-0.2, 0) is 0 Å². The highest BCUT2D eigenvalue weighted by atomic mass is 33.9. The molecule has 0 aromatic rings. The van der Waals surface area contributed by atoms with Gasteiger partial charge in [-0.1, -0.05) is 90.5 Å². The number of allylic oxidation sites excluding steroid dienone is 5. The van der Waals surface area contributed by atoms with Gasteiger partial charge in [-0.2, -0.15) is 0 Å².